The van der Waals surface area contributed by atoms with E-state index in [9.17, 15) is 4.79 Å². The van der Waals surface area contributed by atoms with E-state index >= 15 is 0 Å². The van der Waals surface area contributed by atoms with E-state index < -0.39 is 5.41 Å². The number of nitrogens with zero attached hydrogens (tertiary/aromatic N) is 2. The van der Waals surface area contributed by atoms with Crippen molar-refractivity contribution in [1.82, 2.24) is 9.97 Å². The van der Waals surface area contributed by atoms with Gasteiger partial charge >= 0.3 is 5.97 Å². The highest BCUT2D eigenvalue weighted by Crippen LogP contribution is 2.26. The van der Waals surface area contributed by atoms with E-state index in [-0.39, 0.29) is 5.97 Å². The molecule has 17 heavy (non-hydrogen) atoms. The van der Waals surface area contributed by atoms with Crippen molar-refractivity contribution in [3.63, 3.8) is 0 Å². The van der Waals surface area contributed by atoms with Gasteiger partial charge in [-0.15, -0.1) is 0 Å². The highest BCUT2D eigenvalue weighted by atomic mass is 32.2. The molecular formula is C11H17N3O2S. The standard InChI is InChI=1S/C11H17N3O2S/c1-4-16-9(15)11(2,3)7-17-10-13-6-5-8(12)14-10/h5-6H,4,7H2,1-3H3,(H2,12,13,14). The quantitative estimate of drug-likeness (QED) is 0.490. The molecule has 2 N–H and O–H groups in total. The topological polar surface area (TPSA) is 78.1 Å². The van der Waals surface area contributed by atoms with Crippen LogP contribution in [0.5, 0.6) is 0 Å². The van der Waals surface area contributed by atoms with Crippen LogP contribution in [0.4, 0.5) is 5.82 Å². The van der Waals surface area contributed by atoms with Crippen molar-refractivity contribution in [2.75, 3.05) is 18.1 Å². The van der Waals surface area contributed by atoms with Gasteiger partial charge in [0.15, 0.2) is 5.16 Å². The first kappa shape index (κ1) is 13.8. The number of aromatic nitrogens is 2. The summed E-state index contributed by atoms with van der Waals surface area (Å²) in [6.07, 6.45) is 1.60. The number of hydrogen-bond donors (Lipinski definition) is 1. The Morgan fingerprint density at radius 2 is 2.29 bits per heavy atom. The number of ether oxygens (including phenoxy) is 1. The fourth-order valence-corrected chi connectivity index (χ4v) is 1.97. The van der Waals surface area contributed by atoms with Gasteiger partial charge in [-0.2, -0.15) is 0 Å². The van der Waals surface area contributed by atoms with Crippen LogP contribution in [0.2, 0.25) is 0 Å². The summed E-state index contributed by atoms with van der Waals surface area (Å²) in [5.74, 6) is 0.766. The Hall–Kier alpha value is -1.30. The lowest BCUT2D eigenvalue weighted by Crippen LogP contribution is -2.29. The molecule has 0 fully saturated rings. The van der Waals surface area contributed by atoms with Crippen molar-refractivity contribution >= 4 is 23.5 Å². The van der Waals surface area contributed by atoms with Gasteiger partial charge in [0.1, 0.15) is 5.82 Å². The summed E-state index contributed by atoms with van der Waals surface area (Å²) >= 11 is 1.39. The third-order valence-corrected chi connectivity index (χ3v) is 3.37. The summed E-state index contributed by atoms with van der Waals surface area (Å²) in [6.45, 7) is 5.86. The third-order valence-electron chi connectivity index (χ3n) is 2.05. The predicted octanol–water partition coefficient (Wildman–Crippen LogP) is 1.74. The van der Waals surface area contributed by atoms with E-state index in [2.05, 4.69) is 9.97 Å². The number of nitrogen functional groups attached to an aromatic ring is 1. The van der Waals surface area contributed by atoms with E-state index in [0.717, 1.165) is 0 Å². The summed E-state index contributed by atoms with van der Waals surface area (Å²) in [6, 6.07) is 1.63. The maximum absolute atomic E-state index is 11.7. The van der Waals surface area contributed by atoms with Gasteiger partial charge in [0, 0.05) is 11.9 Å². The maximum atomic E-state index is 11.7. The first-order valence-electron chi connectivity index (χ1n) is 5.34. The maximum Gasteiger partial charge on any atom is 0.312 e. The van der Waals surface area contributed by atoms with Gasteiger partial charge in [0.05, 0.1) is 12.0 Å². The summed E-state index contributed by atoms with van der Waals surface area (Å²) < 4.78 is 5.00. The molecule has 0 spiro atoms. The molecule has 0 aliphatic rings. The Bertz CT molecular complexity index is 396. The number of anilines is 1. The monoisotopic (exact) mass is 255 g/mol. The van der Waals surface area contributed by atoms with E-state index in [4.69, 9.17) is 10.5 Å². The minimum atomic E-state index is -0.561. The lowest BCUT2D eigenvalue weighted by molar-refractivity contribution is -0.152. The molecule has 0 unspecified atom stereocenters. The Balaban J connectivity index is 2.57. The van der Waals surface area contributed by atoms with Gasteiger partial charge < -0.3 is 10.5 Å². The zero-order valence-corrected chi connectivity index (χ0v) is 11.1. The van der Waals surface area contributed by atoms with Crippen LogP contribution in [0, 0.1) is 5.41 Å². The molecule has 0 amide bonds. The number of nitrogens with two attached hydrogens (primary N) is 1. The molecule has 0 aromatic carbocycles. The molecule has 1 aromatic heterocycles. The van der Waals surface area contributed by atoms with Gasteiger partial charge in [0.25, 0.3) is 0 Å². The number of hydrogen-bond acceptors (Lipinski definition) is 6. The van der Waals surface area contributed by atoms with E-state index in [0.29, 0.717) is 23.3 Å². The number of rotatable bonds is 5. The summed E-state index contributed by atoms with van der Waals surface area (Å²) in [5, 5.41) is 0.572. The van der Waals surface area contributed by atoms with Crippen molar-refractivity contribution in [1.29, 1.82) is 0 Å². The fourth-order valence-electron chi connectivity index (χ4n) is 1.05. The lowest BCUT2D eigenvalue weighted by atomic mass is 9.97. The Labute approximate surface area is 105 Å². The van der Waals surface area contributed by atoms with Gasteiger partial charge in [0.2, 0.25) is 0 Å². The highest BCUT2D eigenvalue weighted by Gasteiger charge is 2.29. The molecule has 1 rings (SSSR count). The van der Waals surface area contributed by atoms with E-state index in [1.54, 1.807) is 19.2 Å². The van der Waals surface area contributed by atoms with Crippen LogP contribution in [0.1, 0.15) is 20.8 Å². The average Bonchev–Trinajstić information content (AvgIpc) is 2.27. The SMILES string of the molecule is CCOC(=O)C(C)(C)CSc1nccc(N)n1. The Kier molecular flexibility index (Phi) is 4.74. The molecule has 0 atom stereocenters. The second kappa shape index (κ2) is 5.86. The zero-order chi connectivity index (χ0) is 12.9. The Morgan fingerprint density at radius 1 is 1.59 bits per heavy atom. The molecule has 94 valence electrons. The summed E-state index contributed by atoms with van der Waals surface area (Å²) in [4.78, 5) is 19.8. The van der Waals surface area contributed by atoms with E-state index in [1.165, 1.54) is 11.8 Å². The van der Waals surface area contributed by atoms with Crippen molar-refractivity contribution in [3.05, 3.63) is 12.3 Å². The number of esters is 1. The average molecular weight is 255 g/mol. The first-order valence-corrected chi connectivity index (χ1v) is 6.33. The minimum absolute atomic E-state index is 0.212. The summed E-state index contributed by atoms with van der Waals surface area (Å²) in [7, 11) is 0. The molecule has 0 aliphatic carbocycles. The normalized spacial score (nSPS) is 11.2. The van der Waals surface area contributed by atoms with Gasteiger partial charge in [-0.25, -0.2) is 9.97 Å². The lowest BCUT2D eigenvalue weighted by Gasteiger charge is -2.21. The largest absolute Gasteiger partial charge is 0.466 e. The van der Waals surface area contributed by atoms with Crippen molar-refractivity contribution in [2.45, 2.75) is 25.9 Å². The molecule has 6 heteroatoms. The molecule has 1 aromatic rings. The van der Waals surface area contributed by atoms with Crippen molar-refractivity contribution in [2.24, 2.45) is 5.41 Å². The van der Waals surface area contributed by atoms with E-state index in [1.807, 2.05) is 13.8 Å². The minimum Gasteiger partial charge on any atom is -0.466 e. The van der Waals surface area contributed by atoms with Gasteiger partial charge in [-0.3, -0.25) is 4.79 Å². The fraction of sp³-hybridized carbons (Fsp3) is 0.545. The van der Waals surface area contributed by atoms with Crippen molar-refractivity contribution < 1.29 is 9.53 Å². The molecule has 5 nitrogen and oxygen atoms in total. The van der Waals surface area contributed by atoms with Crippen LogP contribution in [-0.4, -0.2) is 28.3 Å². The first-order chi connectivity index (χ1) is 7.95. The van der Waals surface area contributed by atoms with Gasteiger partial charge in [-0.1, -0.05) is 11.8 Å². The van der Waals surface area contributed by atoms with Crippen LogP contribution >= 0.6 is 11.8 Å². The summed E-state index contributed by atoms with van der Waals surface area (Å²) in [5.41, 5.74) is 4.99. The van der Waals surface area contributed by atoms with Crippen LogP contribution in [0.25, 0.3) is 0 Å². The predicted molar refractivity (Wildman–Crippen MR) is 67.6 cm³/mol. The molecule has 0 saturated heterocycles. The van der Waals surface area contributed by atoms with Crippen LogP contribution in [-0.2, 0) is 9.53 Å². The number of carbonyl (C=O) groups excluding carboxylic acids is 1. The van der Waals surface area contributed by atoms with Crippen molar-refractivity contribution in [3.8, 4) is 0 Å². The van der Waals surface area contributed by atoms with Crippen LogP contribution < -0.4 is 5.73 Å². The molecule has 0 saturated carbocycles. The Morgan fingerprint density at radius 3 is 2.88 bits per heavy atom. The van der Waals surface area contributed by atoms with Gasteiger partial charge in [-0.05, 0) is 26.8 Å². The van der Waals surface area contributed by atoms with Crippen LogP contribution in [0.15, 0.2) is 17.4 Å². The highest BCUT2D eigenvalue weighted by molar-refractivity contribution is 7.99. The number of carbonyl (C=O) groups is 1. The van der Waals surface area contributed by atoms with Crippen LogP contribution in [0.3, 0.4) is 0 Å². The molecule has 0 radical (unpaired) electrons. The second-order valence-electron chi connectivity index (χ2n) is 4.16. The molecular weight excluding hydrogens is 238 g/mol. The second-order valence-corrected chi connectivity index (χ2v) is 5.10. The molecule has 0 bridgehead atoms. The third kappa shape index (κ3) is 4.22. The molecule has 0 aliphatic heterocycles. The zero-order valence-electron chi connectivity index (χ0n) is 10.3. The number of thioether (sulfide) groups is 1. The smallest absolute Gasteiger partial charge is 0.312 e. The molecule has 1 heterocycles.